The van der Waals surface area contributed by atoms with Crippen LogP contribution >= 0.6 is 0 Å². The van der Waals surface area contributed by atoms with Gasteiger partial charge in [0, 0.05) is 37.8 Å². The topological polar surface area (TPSA) is 67.6 Å². The predicted octanol–water partition coefficient (Wildman–Crippen LogP) is 1.09. The molecule has 2 rings (SSSR count). The Kier molecular flexibility index (Phi) is 5.32. The van der Waals surface area contributed by atoms with E-state index in [4.69, 9.17) is 5.26 Å². The highest BCUT2D eigenvalue weighted by atomic mass is 16.3. The Balaban J connectivity index is 2.01. The van der Waals surface area contributed by atoms with Gasteiger partial charge in [0.2, 0.25) is 0 Å². The molecule has 1 aromatic rings. The molecule has 0 saturated carbocycles. The first-order chi connectivity index (χ1) is 10.2. The van der Waals surface area contributed by atoms with E-state index in [1.54, 1.807) is 24.3 Å². The van der Waals surface area contributed by atoms with Gasteiger partial charge in [-0.2, -0.15) is 5.26 Å². The number of rotatable bonds is 3. The Morgan fingerprint density at radius 3 is 2.62 bits per heavy atom. The third-order valence-electron chi connectivity index (χ3n) is 3.97. The largest absolute Gasteiger partial charge is 0.395 e. The second-order valence-corrected chi connectivity index (χ2v) is 5.40. The molecular weight excluding hydrogens is 266 g/mol. The van der Waals surface area contributed by atoms with E-state index in [0.29, 0.717) is 17.7 Å². The lowest BCUT2D eigenvalue weighted by Gasteiger charge is -2.26. The van der Waals surface area contributed by atoms with Crippen LogP contribution in [0.3, 0.4) is 0 Å². The van der Waals surface area contributed by atoms with E-state index in [9.17, 15) is 9.90 Å². The number of hydrogen-bond acceptors (Lipinski definition) is 4. The van der Waals surface area contributed by atoms with Crippen LogP contribution in [-0.4, -0.2) is 59.6 Å². The third kappa shape index (κ3) is 3.81. The van der Waals surface area contributed by atoms with E-state index in [2.05, 4.69) is 11.0 Å². The highest BCUT2D eigenvalue weighted by molar-refractivity contribution is 5.94. The molecule has 1 fully saturated rings. The fourth-order valence-electron chi connectivity index (χ4n) is 2.57. The van der Waals surface area contributed by atoms with Crippen molar-refractivity contribution in [2.75, 3.05) is 32.8 Å². The summed E-state index contributed by atoms with van der Waals surface area (Å²) in [6, 6.07) is 8.95. The van der Waals surface area contributed by atoms with Gasteiger partial charge in [-0.1, -0.05) is 0 Å². The molecule has 1 N–H and O–H groups in total. The molecule has 1 atom stereocenters. The summed E-state index contributed by atoms with van der Waals surface area (Å²) < 4.78 is 0. The van der Waals surface area contributed by atoms with Gasteiger partial charge < -0.3 is 10.0 Å². The number of nitriles is 1. The van der Waals surface area contributed by atoms with Crippen LogP contribution in [0.1, 0.15) is 29.3 Å². The van der Waals surface area contributed by atoms with Crippen LogP contribution in [-0.2, 0) is 0 Å². The monoisotopic (exact) mass is 287 g/mol. The van der Waals surface area contributed by atoms with Gasteiger partial charge in [-0.05, 0) is 37.6 Å². The number of nitrogens with zero attached hydrogens (tertiary/aromatic N) is 3. The first kappa shape index (κ1) is 15.5. The molecule has 0 aliphatic carbocycles. The maximum atomic E-state index is 12.5. The quantitative estimate of drug-likeness (QED) is 0.903. The molecule has 112 valence electrons. The van der Waals surface area contributed by atoms with E-state index < -0.39 is 0 Å². The molecule has 1 saturated heterocycles. The zero-order valence-corrected chi connectivity index (χ0v) is 12.3. The zero-order chi connectivity index (χ0) is 15.2. The maximum absolute atomic E-state index is 12.5. The fourth-order valence-corrected chi connectivity index (χ4v) is 2.57. The normalized spacial score (nSPS) is 17.9. The summed E-state index contributed by atoms with van der Waals surface area (Å²) in [6.07, 6.45) is 0.909. The Labute approximate surface area is 125 Å². The molecule has 0 radical (unpaired) electrons. The van der Waals surface area contributed by atoms with Crippen molar-refractivity contribution in [3.05, 3.63) is 35.4 Å². The average molecular weight is 287 g/mol. The summed E-state index contributed by atoms with van der Waals surface area (Å²) in [6.45, 7) is 5.22. The number of hydrogen-bond donors (Lipinski definition) is 1. The number of aliphatic hydroxyl groups excluding tert-OH is 1. The molecule has 5 nitrogen and oxygen atoms in total. The molecule has 0 bridgehead atoms. The van der Waals surface area contributed by atoms with Gasteiger partial charge >= 0.3 is 0 Å². The third-order valence-corrected chi connectivity index (χ3v) is 3.97. The van der Waals surface area contributed by atoms with E-state index in [1.807, 2.05) is 11.8 Å². The zero-order valence-electron chi connectivity index (χ0n) is 12.3. The molecule has 1 amide bonds. The summed E-state index contributed by atoms with van der Waals surface area (Å²) in [4.78, 5) is 16.5. The number of aliphatic hydroxyl groups is 1. The van der Waals surface area contributed by atoms with Gasteiger partial charge in [-0.3, -0.25) is 9.69 Å². The first-order valence-corrected chi connectivity index (χ1v) is 7.30. The molecule has 5 heteroatoms. The highest BCUT2D eigenvalue weighted by Gasteiger charge is 2.22. The fraction of sp³-hybridized carbons (Fsp3) is 0.500. The van der Waals surface area contributed by atoms with Crippen molar-refractivity contribution in [1.29, 1.82) is 5.26 Å². The van der Waals surface area contributed by atoms with Gasteiger partial charge in [0.15, 0.2) is 0 Å². The van der Waals surface area contributed by atoms with Gasteiger partial charge in [-0.25, -0.2) is 0 Å². The Hall–Kier alpha value is -1.90. The summed E-state index contributed by atoms with van der Waals surface area (Å²) >= 11 is 0. The summed E-state index contributed by atoms with van der Waals surface area (Å²) in [5, 5.41) is 18.0. The molecule has 0 spiro atoms. The van der Waals surface area contributed by atoms with Crippen molar-refractivity contribution in [3.63, 3.8) is 0 Å². The molecule has 1 unspecified atom stereocenters. The molecule has 21 heavy (non-hydrogen) atoms. The molecule has 1 aromatic carbocycles. The standard InChI is InChI=1S/C16H21N3O2/c1-13(12-20)18-7-2-8-19(10-9-18)16(21)15-5-3-14(11-17)4-6-15/h3-6,13,20H,2,7-10,12H2,1H3. The SMILES string of the molecule is CC(CO)N1CCCN(C(=O)c2ccc(C#N)cc2)CC1. The first-order valence-electron chi connectivity index (χ1n) is 7.30. The lowest BCUT2D eigenvalue weighted by atomic mass is 10.1. The molecular formula is C16H21N3O2. The van der Waals surface area contributed by atoms with E-state index >= 15 is 0 Å². The van der Waals surface area contributed by atoms with E-state index in [-0.39, 0.29) is 18.6 Å². The Morgan fingerprint density at radius 2 is 2.00 bits per heavy atom. The van der Waals surface area contributed by atoms with Crippen LogP contribution in [0.4, 0.5) is 0 Å². The van der Waals surface area contributed by atoms with Crippen molar-refractivity contribution in [2.24, 2.45) is 0 Å². The molecule has 1 heterocycles. The van der Waals surface area contributed by atoms with Crippen molar-refractivity contribution in [1.82, 2.24) is 9.80 Å². The number of benzene rings is 1. The van der Waals surface area contributed by atoms with Crippen LogP contribution < -0.4 is 0 Å². The van der Waals surface area contributed by atoms with Gasteiger partial charge in [0.1, 0.15) is 0 Å². The van der Waals surface area contributed by atoms with Gasteiger partial charge in [0.25, 0.3) is 5.91 Å². The molecule has 0 aromatic heterocycles. The number of carbonyl (C=O) groups is 1. The van der Waals surface area contributed by atoms with E-state index in [1.165, 1.54) is 0 Å². The maximum Gasteiger partial charge on any atom is 0.253 e. The summed E-state index contributed by atoms with van der Waals surface area (Å²) in [5.74, 6) is 0.0120. The van der Waals surface area contributed by atoms with Crippen molar-refractivity contribution < 1.29 is 9.90 Å². The lowest BCUT2D eigenvalue weighted by Crippen LogP contribution is -2.39. The van der Waals surface area contributed by atoms with Crippen LogP contribution in [0.2, 0.25) is 0 Å². The van der Waals surface area contributed by atoms with Crippen LogP contribution in [0, 0.1) is 11.3 Å². The minimum atomic E-state index is 0.0120. The minimum Gasteiger partial charge on any atom is -0.395 e. The minimum absolute atomic E-state index is 0.0120. The average Bonchev–Trinajstić information content (AvgIpc) is 2.79. The van der Waals surface area contributed by atoms with Crippen LogP contribution in [0.15, 0.2) is 24.3 Å². The van der Waals surface area contributed by atoms with Crippen LogP contribution in [0.25, 0.3) is 0 Å². The Bertz CT molecular complexity index is 521. The van der Waals surface area contributed by atoms with Gasteiger partial charge in [-0.15, -0.1) is 0 Å². The summed E-state index contributed by atoms with van der Waals surface area (Å²) in [7, 11) is 0. The van der Waals surface area contributed by atoms with Crippen molar-refractivity contribution in [3.8, 4) is 6.07 Å². The number of amides is 1. The second kappa shape index (κ2) is 7.21. The predicted molar refractivity (Wildman–Crippen MR) is 79.8 cm³/mol. The highest BCUT2D eigenvalue weighted by Crippen LogP contribution is 2.12. The second-order valence-electron chi connectivity index (χ2n) is 5.40. The molecule has 1 aliphatic rings. The molecule has 1 aliphatic heterocycles. The summed E-state index contributed by atoms with van der Waals surface area (Å²) in [5.41, 5.74) is 1.18. The van der Waals surface area contributed by atoms with Gasteiger partial charge in [0.05, 0.1) is 18.2 Å². The lowest BCUT2D eigenvalue weighted by molar-refractivity contribution is 0.0754. The van der Waals surface area contributed by atoms with E-state index in [0.717, 1.165) is 26.1 Å². The van der Waals surface area contributed by atoms with Crippen molar-refractivity contribution >= 4 is 5.91 Å². The Morgan fingerprint density at radius 1 is 1.29 bits per heavy atom. The number of carbonyl (C=O) groups excluding carboxylic acids is 1. The van der Waals surface area contributed by atoms with Crippen LogP contribution in [0.5, 0.6) is 0 Å². The smallest absolute Gasteiger partial charge is 0.253 e. The van der Waals surface area contributed by atoms with Crippen molar-refractivity contribution in [2.45, 2.75) is 19.4 Å².